The Hall–Kier alpha value is -0.740. The fourth-order valence-electron chi connectivity index (χ4n) is 1.50. The molecule has 2 aromatic rings. The lowest BCUT2D eigenvalue weighted by Gasteiger charge is -2.07. The van der Waals surface area contributed by atoms with E-state index in [0.29, 0.717) is 15.6 Å². The molecule has 0 unspecified atom stereocenters. The zero-order valence-electron chi connectivity index (χ0n) is 9.17. The van der Waals surface area contributed by atoms with Crippen LogP contribution in [-0.2, 0) is 0 Å². The van der Waals surface area contributed by atoms with E-state index in [1.807, 2.05) is 0 Å². The van der Waals surface area contributed by atoms with E-state index in [0.717, 1.165) is 0 Å². The van der Waals surface area contributed by atoms with Gasteiger partial charge in [0.05, 0.1) is 22.7 Å². The van der Waals surface area contributed by atoms with Gasteiger partial charge in [-0.15, -0.1) is 11.3 Å². The van der Waals surface area contributed by atoms with Crippen molar-refractivity contribution in [3.63, 3.8) is 0 Å². The summed E-state index contributed by atoms with van der Waals surface area (Å²) in [7, 11) is 1.50. The van der Waals surface area contributed by atoms with Crippen molar-refractivity contribution in [3.8, 4) is 5.75 Å². The van der Waals surface area contributed by atoms with Crippen LogP contribution in [0.5, 0.6) is 5.75 Å². The second-order valence-corrected chi connectivity index (χ2v) is 5.56. The minimum atomic E-state index is -0.270. The second kappa shape index (κ2) is 5.49. The highest BCUT2D eigenvalue weighted by Crippen LogP contribution is 2.34. The van der Waals surface area contributed by atoms with Crippen molar-refractivity contribution in [2.75, 3.05) is 7.11 Å². The molecule has 0 atom stereocenters. The van der Waals surface area contributed by atoms with Crippen LogP contribution in [0.2, 0.25) is 15.1 Å². The van der Waals surface area contributed by atoms with Crippen molar-refractivity contribution >= 4 is 51.9 Å². The third-order valence-electron chi connectivity index (χ3n) is 2.29. The van der Waals surface area contributed by atoms with Gasteiger partial charge in [0.2, 0.25) is 5.78 Å². The third-order valence-corrected chi connectivity index (χ3v) is 4.00. The highest BCUT2D eigenvalue weighted by atomic mass is 35.5. The molecular formula is C12H7Cl3O2S. The maximum atomic E-state index is 12.4. The minimum absolute atomic E-state index is 0.230. The summed E-state index contributed by atoms with van der Waals surface area (Å²) in [6, 6.07) is 4.69. The van der Waals surface area contributed by atoms with E-state index in [1.165, 1.54) is 30.6 Å². The molecule has 0 saturated heterocycles. The van der Waals surface area contributed by atoms with Gasteiger partial charge >= 0.3 is 0 Å². The van der Waals surface area contributed by atoms with Crippen LogP contribution in [0.3, 0.4) is 0 Å². The molecule has 94 valence electrons. The SMILES string of the molecule is COc1ccsc1C(=O)c1c(Cl)cc(Cl)cc1Cl. The zero-order valence-corrected chi connectivity index (χ0v) is 12.3. The van der Waals surface area contributed by atoms with Crippen molar-refractivity contribution in [1.82, 2.24) is 0 Å². The fourth-order valence-corrected chi connectivity index (χ4v) is 3.29. The molecule has 0 spiro atoms. The van der Waals surface area contributed by atoms with Crippen LogP contribution in [0.15, 0.2) is 23.6 Å². The number of rotatable bonds is 3. The third kappa shape index (κ3) is 2.50. The molecule has 2 nitrogen and oxygen atoms in total. The molecule has 2 rings (SSSR count). The minimum Gasteiger partial charge on any atom is -0.495 e. The maximum Gasteiger partial charge on any atom is 0.209 e. The molecule has 0 aliphatic carbocycles. The molecule has 1 aromatic carbocycles. The Morgan fingerprint density at radius 3 is 2.39 bits per heavy atom. The van der Waals surface area contributed by atoms with Crippen molar-refractivity contribution in [3.05, 3.63) is 49.1 Å². The lowest BCUT2D eigenvalue weighted by molar-refractivity contribution is 0.104. The number of carbonyl (C=O) groups excluding carboxylic acids is 1. The van der Waals surface area contributed by atoms with Gasteiger partial charge in [-0.1, -0.05) is 34.8 Å². The summed E-state index contributed by atoms with van der Waals surface area (Å²) in [4.78, 5) is 12.8. The predicted octanol–water partition coefficient (Wildman–Crippen LogP) is 4.95. The first-order valence-electron chi connectivity index (χ1n) is 4.85. The van der Waals surface area contributed by atoms with Crippen LogP contribution in [-0.4, -0.2) is 12.9 Å². The molecule has 0 bridgehead atoms. The molecule has 1 aromatic heterocycles. The normalized spacial score (nSPS) is 10.4. The molecule has 0 aliphatic rings. The van der Waals surface area contributed by atoms with Crippen molar-refractivity contribution in [2.24, 2.45) is 0 Å². The molecule has 18 heavy (non-hydrogen) atoms. The van der Waals surface area contributed by atoms with E-state index in [9.17, 15) is 4.79 Å². The summed E-state index contributed by atoms with van der Waals surface area (Å²) in [5, 5.41) is 2.62. The highest BCUT2D eigenvalue weighted by molar-refractivity contribution is 7.12. The van der Waals surface area contributed by atoms with Crippen LogP contribution in [0, 0.1) is 0 Å². The van der Waals surface area contributed by atoms with E-state index in [-0.39, 0.29) is 21.4 Å². The molecule has 6 heteroatoms. The standard InChI is InChI=1S/C12H7Cl3O2S/c1-17-9-2-3-18-12(9)11(16)10-7(14)4-6(13)5-8(10)15/h2-5H,1H3. The summed E-state index contributed by atoms with van der Waals surface area (Å²) < 4.78 is 5.11. The molecule has 0 aliphatic heterocycles. The first-order valence-corrected chi connectivity index (χ1v) is 6.86. The summed E-state index contributed by atoms with van der Waals surface area (Å²) in [6.45, 7) is 0. The molecular weight excluding hydrogens is 315 g/mol. The number of hydrogen-bond donors (Lipinski definition) is 0. The Kier molecular flexibility index (Phi) is 4.17. The van der Waals surface area contributed by atoms with Crippen molar-refractivity contribution in [2.45, 2.75) is 0 Å². The second-order valence-electron chi connectivity index (χ2n) is 3.39. The molecule has 0 radical (unpaired) electrons. The van der Waals surface area contributed by atoms with Crippen LogP contribution in [0.25, 0.3) is 0 Å². The van der Waals surface area contributed by atoms with E-state index < -0.39 is 0 Å². The summed E-state index contributed by atoms with van der Waals surface area (Å²) in [6.07, 6.45) is 0. The monoisotopic (exact) mass is 320 g/mol. The number of methoxy groups -OCH3 is 1. The van der Waals surface area contributed by atoms with Crippen LogP contribution < -0.4 is 4.74 Å². The molecule has 0 fully saturated rings. The summed E-state index contributed by atoms with van der Waals surface area (Å²) in [5.41, 5.74) is 0.239. The Bertz CT molecular complexity index is 584. The Labute approximate surface area is 123 Å². The lowest BCUT2D eigenvalue weighted by Crippen LogP contribution is -2.03. The van der Waals surface area contributed by atoms with Gasteiger partial charge in [0.25, 0.3) is 0 Å². The molecule has 1 heterocycles. The first kappa shape index (κ1) is 13.7. The Morgan fingerprint density at radius 1 is 1.22 bits per heavy atom. The van der Waals surface area contributed by atoms with Gasteiger partial charge in [0, 0.05) is 5.02 Å². The van der Waals surface area contributed by atoms with E-state index >= 15 is 0 Å². The maximum absolute atomic E-state index is 12.4. The van der Waals surface area contributed by atoms with Gasteiger partial charge in [-0.25, -0.2) is 0 Å². The van der Waals surface area contributed by atoms with Crippen molar-refractivity contribution < 1.29 is 9.53 Å². The Balaban J connectivity index is 2.53. The average Bonchev–Trinajstić information content (AvgIpc) is 2.75. The van der Waals surface area contributed by atoms with Crippen LogP contribution >= 0.6 is 46.1 Å². The number of ether oxygens (including phenoxy) is 1. The van der Waals surface area contributed by atoms with Gasteiger partial charge < -0.3 is 4.74 Å². The topological polar surface area (TPSA) is 26.3 Å². The molecule has 0 N–H and O–H groups in total. The first-order chi connectivity index (χ1) is 8.54. The number of ketones is 1. The zero-order chi connectivity index (χ0) is 13.3. The molecule has 0 amide bonds. The number of halogens is 3. The largest absolute Gasteiger partial charge is 0.495 e. The van der Waals surface area contributed by atoms with Gasteiger partial charge in [0.1, 0.15) is 10.6 Å². The lowest BCUT2D eigenvalue weighted by atomic mass is 10.1. The van der Waals surface area contributed by atoms with E-state index in [1.54, 1.807) is 11.4 Å². The van der Waals surface area contributed by atoms with E-state index in [4.69, 9.17) is 39.5 Å². The van der Waals surface area contributed by atoms with Gasteiger partial charge in [-0.05, 0) is 23.6 Å². The van der Waals surface area contributed by atoms with Crippen molar-refractivity contribution in [1.29, 1.82) is 0 Å². The number of hydrogen-bond acceptors (Lipinski definition) is 3. The van der Waals surface area contributed by atoms with Gasteiger partial charge in [-0.2, -0.15) is 0 Å². The molecule has 0 saturated carbocycles. The smallest absolute Gasteiger partial charge is 0.209 e. The number of carbonyl (C=O) groups is 1. The van der Waals surface area contributed by atoms with Gasteiger partial charge in [-0.3, -0.25) is 4.79 Å². The Morgan fingerprint density at radius 2 is 1.83 bits per heavy atom. The predicted molar refractivity (Wildman–Crippen MR) is 75.8 cm³/mol. The van der Waals surface area contributed by atoms with Crippen LogP contribution in [0.1, 0.15) is 15.2 Å². The highest BCUT2D eigenvalue weighted by Gasteiger charge is 2.21. The van der Waals surface area contributed by atoms with Crippen LogP contribution in [0.4, 0.5) is 0 Å². The number of benzene rings is 1. The van der Waals surface area contributed by atoms with E-state index in [2.05, 4.69) is 0 Å². The van der Waals surface area contributed by atoms with Gasteiger partial charge in [0.15, 0.2) is 0 Å². The fraction of sp³-hybridized carbons (Fsp3) is 0.0833. The summed E-state index contributed by atoms with van der Waals surface area (Å²) in [5.74, 6) is 0.237. The number of thiophene rings is 1. The quantitative estimate of drug-likeness (QED) is 0.748. The summed E-state index contributed by atoms with van der Waals surface area (Å²) >= 11 is 19.1. The average molecular weight is 322 g/mol.